The fourth-order valence-corrected chi connectivity index (χ4v) is 2.96. The molecule has 0 radical (unpaired) electrons. The van der Waals surface area contributed by atoms with Gasteiger partial charge in [0.1, 0.15) is 0 Å². The van der Waals surface area contributed by atoms with Crippen LogP contribution in [0.5, 0.6) is 0 Å². The van der Waals surface area contributed by atoms with E-state index in [0.717, 1.165) is 5.57 Å². The Labute approximate surface area is 97.2 Å². The van der Waals surface area contributed by atoms with Crippen molar-refractivity contribution in [3.8, 4) is 0 Å². The second-order valence-electron chi connectivity index (χ2n) is 4.05. The Morgan fingerprint density at radius 1 is 1.31 bits per heavy atom. The second-order valence-corrected chi connectivity index (χ2v) is 5.73. The first kappa shape index (κ1) is 12.9. The van der Waals surface area contributed by atoms with Gasteiger partial charge in [0.25, 0.3) is 0 Å². The molecular weight excluding hydrogens is 222 g/mol. The highest BCUT2D eigenvalue weighted by molar-refractivity contribution is 7.89. The van der Waals surface area contributed by atoms with E-state index in [2.05, 4.69) is 11.3 Å². The molecule has 88 valence electrons. The summed E-state index contributed by atoms with van der Waals surface area (Å²) in [5.41, 5.74) is 1.40. The van der Waals surface area contributed by atoms with Crippen LogP contribution in [0, 0.1) is 0 Å². The van der Waals surface area contributed by atoms with Crippen LogP contribution in [0.1, 0.15) is 26.3 Å². The lowest BCUT2D eigenvalue weighted by Crippen LogP contribution is -2.30. The Bertz CT molecular complexity index is 489. The molecule has 1 aromatic carbocycles. The van der Waals surface area contributed by atoms with Crippen molar-refractivity contribution in [1.82, 2.24) is 4.72 Å². The highest BCUT2D eigenvalue weighted by Gasteiger charge is 2.18. The minimum atomic E-state index is -3.45. The van der Waals surface area contributed by atoms with Gasteiger partial charge in [-0.1, -0.05) is 24.8 Å². The molecule has 4 heteroatoms. The zero-order valence-corrected chi connectivity index (χ0v) is 10.6. The molecule has 1 rings (SSSR count). The van der Waals surface area contributed by atoms with Crippen LogP contribution in [0.25, 0.3) is 5.57 Å². The maximum Gasteiger partial charge on any atom is 0.241 e. The number of hydrogen-bond donors (Lipinski definition) is 1. The molecule has 0 unspecified atom stereocenters. The summed E-state index contributed by atoms with van der Waals surface area (Å²) in [4.78, 5) is 0.288. The molecule has 1 aromatic rings. The molecule has 0 atom stereocenters. The van der Waals surface area contributed by atoms with Crippen LogP contribution < -0.4 is 4.72 Å². The minimum Gasteiger partial charge on any atom is -0.209 e. The van der Waals surface area contributed by atoms with Crippen molar-refractivity contribution in [3.05, 3.63) is 36.4 Å². The van der Waals surface area contributed by atoms with E-state index in [4.69, 9.17) is 0 Å². The molecule has 0 amide bonds. The van der Waals surface area contributed by atoms with E-state index in [1.54, 1.807) is 45.0 Å². The molecule has 0 aliphatic rings. The highest BCUT2D eigenvalue weighted by Crippen LogP contribution is 2.21. The first-order valence-electron chi connectivity index (χ1n) is 5.12. The van der Waals surface area contributed by atoms with Crippen LogP contribution in [-0.4, -0.2) is 14.5 Å². The van der Waals surface area contributed by atoms with Crippen LogP contribution >= 0.6 is 0 Å². The first-order valence-corrected chi connectivity index (χ1v) is 6.60. The van der Waals surface area contributed by atoms with E-state index in [1.165, 1.54) is 0 Å². The molecule has 1 N–H and O–H groups in total. The number of hydrogen-bond acceptors (Lipinski definition) is 2. The highest BCUT2D eigenvalue weighted by atomic mass is 32.2. The van der Waals surface area contributed by atoms with Gasteiger partial charge < -0.3 is 0 Å². The third-order valence-corrected chi connectivity index (χ3v) is 3.74. The molecule has 16 heavy (non-hydrogen) atoms. The Balaban J connectivity index is 3.28. The molecule has 0 saturated carbocycles. The maximum absolute atomic E-state index is 12.0. The van der Waals surface area contributed by atoms with Crippen molar-refractivity contribution in [2.45, 2.75) is 31.7 Å². The summed E-state index contributed by atoms with van der Waals surface area (Å²) < 4.78 is 26.6. The standard InChI is InChI=1S/C12H17NO2S/c1-9(2)11-7-5-6-8-12(11)16(14,15)13-10(3)4/h5-8,10,13H,1H2,2-4H3. The molecule has 0 spiro atoms. The maximum atomic E-state index is 12.0. The van der Waals surface area contributed by atoms with Gasteiger partial charge in [0, 0.05) is 6.04 Å². The van der Waals surface area contributed by atoms with Crippen molar-refractivity contribution in [2.24, 2.45) is 0 Å². The zero-order valence-electron chi connectivity index (χ0n) is 9.82. The zero-order chi connectivity index (χ0) is 12.3. The van der Waals surface area contributed by atoms with E-state index in [1.807, 2.05) is 0 Å². The number of sulfonamides is 1. The molecular formula is C12H17NO2S. The molecule has 0 aliphatic carbocycles. The first-order chi connectivity index (χ1) is 7.34. The quantitative estimate of drug-likeness (QED) is 0.877. The van der Waals surface area contributed by atoms with E-state index in [0.29, 0.717) is 5.56 Å². The summed E-state index contributed by atoms with van der Waals surface area (Å²) >= 11 is 0. The molecule has 0 saturated heterocycles. The summed E-state index contributed by atoms with van der Waals surface area (Å²) in [6.07, 6.45) is 0. The summed E-state index contributed by atoms with van der Waals surface area (Å²) in [5, 5.41) is 0. The van der Waals surface area contributed by atoms with Crippen LogP contribution in [-0.2, 0) is 10.0 Å². The smallest absolute Gasteiger partial charge is 0.209 e. The Hall–Kier alpha value is -1.13. The lowest BCUT2D eigenvalue weighted by molar-refractivity contribution is 0.569. The van der Waals surface area contributed by atoms with Gasteiger partial charge in [-0.15, -0.1) is 0 Å². The largest absolute Gasteiger partial charge is 0.241 e. The minimum absolute atomic E-state index is 0.122. The SMILES string of the molecule is C=C(C)c1ccccc1S(=O)(=O)NC(C)C. The van der Waals surface area contributed by atoms with Crippen LogP contribution in [0.15, 0.2) is 35.7 Å². The van der Waals surface area contributed by atoms with Gasteiger partial charge in [0.15, 0.2) is 0 Å². The number of allylic oxidation sites excluding steroid dienone is 1. The molecule has 0 bridgehead atoms. The monoisotopic (exact) mass is 239 g/mol. The predicted molar refractivity (Wildman–Crippen MR) is 66.6 cm³/mol. The number of nitrogens with one attached hydrogen (secondary N) is 1. The van der Waals surface area contributed by atoms with Crippen LogP contribution in [0.3, 0.4) is 0 Å². The van der Waals surface area contributed by atoms with Gasteiger partial charge in [0.05, 0.1) is 4.90 Å². The summed E-state index contributed by atoms with van der Waals surface area (Å²) in [5.74, 6) is 0. The van der Waals surface area contributed by atoms with Crippen molar-refractivity contribution in [3.63, 3.8) is 0 Å². The van der Waals surface area contributed by atoms with Gasteiger partial charge in [-0.25, -0.2) is 13.1 Å². The Morgan fingerprint density at radius 2 is 1.88 bits per heavy atom. The average Bonchev–Trinajstić information content (AvgIpc) is 2.15. The van der Waals surface area contributed by atoms with E-state index < -0.39 is 10.0 Å². The Morgan fingerprint density at radius 3 is 2.38 bits per heavy atom. The summed E-state index contributed by atoms with van der Waals surface area (Å²) in [7, 11) is -3.45. The van der Waals surface area contributed by atoms with Gasteiger partial charge in [-0.3, -0.25) is 0 Å². The summed E-state index contributed by atoms with van der Waals surface area (Å²) in [6.45, 7) is 9.17. The lowest BCUT2D eigenvalue weighted by atomic mass is 10.1. The van der Waals surface area contributed by atoms with Gasteiger partial charge in [0.2, 0.25) is 10.0 Å². The molecule has 0 fully saturated rings. The van der Waals surface area contributed by atoms with Gasteiger partial charge >= 0.3 is 0 Å². The molecule has 3 nitrogen and oxygen atoms in total. The van der Waals surface area contributed by atoms with Crippen molar-refractivity contribution in [2.75, 3.05) is 0 Å². The van der Waals surface area contributed by atoms with Crippen LogP contribution in [0.4, 0.5) is 0 Å². The number of benzene rings is 1. The van der Waals surface area contributed by atoms with E-state index in [9.17, 15) is 8.42 Å². The topological polar surface area (TPSA) is 46.2 Å². The average molecular weight is 239 g/mol. The Kier molecular flexibility index (Phi) is 3.88. The third kappa shape index (κ3) is 2.93. The van der Waals surface area contributed by atoms with Crippen molar-refractivity contribution >= 4 is 15.6 Å². The molecule has 0 aromatic heterocycles. The lowest BCUT2D eigenvalue weighted by Gasteiger charge is -2.13. The van der Waals surface area contributed by atoms with Gasteiger partial charge in [-0.2, -0.15) is 0 Å². The summed E-state index contributed by atoms with van der Waals surface area (Å²) in [6, 6.07) is 6.74. The fourth-order valence-electron chi connectivity index (χ4n) is 1.43. The fraction of sp³-hybridized carbons (Fsp3) is 0.333. The molecule has 0 aliphatic heterocycles. The van der Waals surface area contributed by atoms with Crippen molar-refractivity contribution in [1.29, 1.82) is 0 Å². The van der Waals surface area contributed by atoms with E-state index in [-0.39, 0.29) is 10.9 Å². The van der Waals surface area contributed by atoms with Crippen LogP contribution in [0.2, 0.25) is 0 Å². The van der Waals surface area contributed by atoms with E-state index >= 15 is 0 Å². The van der Waals surface area contributed by atoms with Crippen molar-refractivity contribution < 1.29 is 8.42 Å². The molecule has 0 heterocycles. The third-order valence-electron chi connectivity index (χ3n) is 2.03. The second kappa shape index (κ2) is 4.80. The predicted octanol–water partition coefficient (Wildman–Crippen LogP) is 2.41. The van der Waals surface area contributed by atoms with Gasteiger partial charge in [-0.05, 0) is 38.0 Å². The number of rotatable bonds is 4. The normalized spacial score (nSPS) is 11.8.